The molecule has 0 saturated heterocycles. The number of halogens is 1. The van der Waals surface area contributed by atoms with Gasteiger partial charge in [-0.15, -0.1) is 0 Å². The zero-order valence-electron chi connectivity index (χ0n) is 11.0. The molecular formula is C13H12ClNO5S. The molecule has 0 unspecified atom stereocenters. The highest BCUT2D eigenvalue weighted by atomic mass is 35.5. The largest absolute Gasteiger partial charge is 0.478 e. The predicted molar refractivity (Wildman–Crippen MR) is 75.9 cm³/mol. The smallest absolute Gasteiger partial charge is 0.336 e. The van der Waals surface area contributed by atoms with E-state index in [0.717, 1.165) is 0 Å². The van der Waals surface area contributed by atoms with Gasteiger partial charge in [0.25, 0.3) is 0 Å². The SMILES string of the molecule is Cc1c(C(=O)O)cc(Cl)cc1S(=O)(=O)NCc1ccoc1. The minimum atomic E-state index is -3.88. The van der Waals surface area contributed by atoms with Crippen molar-refractivity contribution in [2.45, 2.75) is 18.4 Å². The number of hydrogen-bond acceptors (Lipinski definition) is 4. The number of aromatic carboxylic acids is 1. The van der Waals surface area contributed by atoms with E-state index < -0.39 is 16.0 Å². The van der Waals surface area contributed by atoms with Crippen molar-refractivity contribution in [1.29, 1.82) is 0 Å². The molecule has 0 fully saturated rings. The number of rotatable bonds is 5. The van der Waals surface area contributed by atoms with Gasteiger partial charge in [-0.2, -0.15) is 0 Å². The van der Waals surface area contributed by atoms with Gasteiger partial charge in [0.1, 0.15) is 0 Å². The van der Waals surface area contributed by atoms with Crippen LogP contribution >= 0.6 is 11.6 Å². The lowest BCUT2D eigenvalue weighted by Crippen LogP contribution is -2.24. The van der Waals surface area contributed by atoms with Crippen LogP contribution in [0.2, 0.25) is 5.02 Å². The summed E-state index contributed by atoms with van der Waals surface area (Å²) in [5, 5.41) is 9.12. The summed E-state index contributed by atoms with van der Waals surface area (Å²) < 4.78 is 31.8. The van der Waals surface area contributed by atoms with E-state index in [9.17, 15) is 13.2 Å². The Balaban J connectivity index is 2.37. The molecule has 21 heavy (non-hydrogen) atoms. The van der Waals surface area contributed by atoms with Gasteiger partial charge < -0.3 is 9.52 Å². The molecule has 0 amide bonds. The summed E-state index contributed by atoms with van der Waals surface area (Å²) in [6.45, 7) is 1.46. The molecule has 0 bridgehead atoms. The summed E-state index contributed by atoms with van der Waals surface area (Å²) in [7, 11) is -3.88. The van der Waals surface area contributed by atoms with E-state index in [1.54, 1.807) is 6.07 Å². The number of nitrogens with one attached hydrogen (secondary N) is 1. The molecule has 2 N–H and O–H groups in total. The molecule has 112 valence electrons. The molecule has 0 spiro atoms. The maximum absolute atomic E-state index is 12.3. The lowest BCUT2D eigenvalue weighted by molar-refractivity contribution is 0.0696. The summed E-state index contributed by atoms with van der Waals surface area (Å²) in [6, 6.07) is 4.06. The molecule has 0 radical (unpaired) electrons. The average Bonchev–Trinajstić information content (AvgIpc) is 2.91. The molecule has 0 saturated carbocycles. The van der Waals surface area contributed by atoms with Gasteiger partial charge in [0.2, 0.25) is 10.0 Å². The van der Waals surface area contributed by atoms with Crippen molar-refractivity contribution in [3.8, 4) is 0 Å². The van der Waals surface area contributed by atoms with Crippen molar-refractivity contribution in [3.05, 3.63) is 52.4 Å². The Morgan fingerprint density at radius 2 is 2.14 bits per heavy atom. The maximum atomic E-state index is 12.3. The van der Waals surface area contributed by atoms with E-state index in [-0.39, 0.29) is 27.6 Å². The van der Waals surface area contributed by atoms with Crippen LogP contribution in [0.15, 0.2) is 40.0 Å². The first-order chi connectivity index (χ1) is 9.81. The number of sulfonamides is 1. The molecule has 1 heterocycles. The molecule has 2 rings (SSSR count). The van der Waals surface area contributed by atoms with Crippen LogP contribution in [0.1, 0.15) is 21.5 Å². The Kier molecular flexibility index (Phi) is 4.36. The van der Waals surface area contributed by atoms with Crippen LogP contribution in [0.5, 0.6) is 0 Å². The fourth-order valence-electron chi connectivity index (χ4n) is 1.80. The molecule has 0 atom stereocenters. The van der Waals surface area contributed by atoms with Crippen LogP contribution in [0, 0.1) is 6.92 Å². The van der Waals surface area contributed by atoms with E-state index in [1.807, 2.05) is 0 Å². The summed E-state index contributed by atoms with van der Waals surface area (Å²) in [4.78, 5) is 11.0. The van der Waals surface area contributed by atoms with Crippen molar-refractivity contribution in [2.24, 2.45) is 0 Å². The maximum Gasteiger partial charge on any atom is 0.336 e. The van der Waals surface area contributed by atoms with Gasteiger partial charge in [0.15, 0.2) is 0 Å². The van der Waals surface area contributed by atoms with Gasteiger partial charge in [0, 0.05) is 17.1 Å². The molecule has 0 aliphatic heterocycles. The van der Waals surface area contributed by atoms with Gasteiger partial charge >= 0.3 is 5.97 Å². The quantitative estimate of drug-likeness (QED) is 0.878. The van der Waals surface area contributed by atoms with Gasteiger partial charge in [-0.3, -0.25) is 0 Å². The van der Waals surface area contributed by atoms with Crippen LogP contribution in [0.4, 0.5) is 0 Å². The summed E-state index contributed by atoms with van der Waals surface area (Å²) in [6.07, 6.45) is 2.84. The van der Waals surface area contributed by atoms with Crippen molar-refractivity contribution >= 4 is 27.6 Å². The standard InChI is InChI=1S/C13H12ClNO5S/c1-8-11(13(16)17)4-10(14)5-12(8)21(18,19)15-6-9-2-3-20-7-9/h2-5,7,15H,6H2,1H3,(H,16,17). The van der Waals surface area contributed by atoms with Crippen molar-refractivity contribution in [1.82, 2.24) is 4.72 Å². The number of carbonyl (C=O) groups is 1. The molecule has 1 aromatic heterocycles. The first kappa shape index (κ1) is 15.6. The van der Waals surface area contributed by atoms with E-state index in [2.05, 4.69) is 4.72 Å². The van der Waals surface area contributed by atoms with Crippen molar-refractivity contribution in [2.75, 3.05) is 0 Å². The topological polar surface area (TPSA) is 96.6 Å². The number of hydrogen-bond donors (Lipinski definition) is 2. The minimum Gasteiger partial charge on any atom is -0.478 e. The lowest BCUT2D eigenvalue weighted by atomic mass is 10.1. The van der Waals surface area contributed by atoms with Crippen molar-refractivity contribution < 1.29 is 22.7 Å². The first-order valence-corrected chi connectivity index (χ1v) is 7.71. The lowest BCUT2D eigenvalue weighted by Gasteiger charge is -2.11. The van der Waals surface area contributed by atoms with Crippen LogP contribution in [0.3, 0.4) is 0 Å². The van der Waals surface area contributed by atoms with Crippen LogP contribution in [0.25, 0.3) is 0 Å². The Hall–Kier alpha value is -1.83. The number of furan rings is 1. The molecule has 2 aromatic rings. The van der Waals surface area contributed by atoms with Gasteiger partial charge in [-0.25, -0.2) is 17.9 Å². The second kappa shape index (κ2) is 5.88. The van der Waals surface area contributed by atoms with Crippen molar-refractivity contribution in [3.63, 3.8) is 0 Å². The first-order valence-electron chi connectivity index (χ1n) is 5.85. The predicted octanol–water partition coefficient (Wildman–Crippen LogP) is 2.42. The molecule has 1 aromatic carbocycles. The molecule has 0 aliphatic rings. The van der Waals surface area contributed by atoms with E-state index in [1.165, 1.54) is 31.6 Å². The highest BCUT2D eigenvalue weighted by Crippen LogP contribution is 2.24. The molecule has 8 heteroatoms. The van der Waals surface area contributed by atoms with E-state index >= 15 is 0 Å². The third-order valence-corrected chi connectivity index (χ3v) is 4.64. The number of carboxylic acids is 1. The van der Waals surface area contributed by atoms with Gasteiger partial charge in [0.05, 0.1) is 23.0 Å². The van der Waals surface area contributed by atoms with Gasteiger partial charge in [-0.1, -0.05) is 11.6 Å². The van der Waals surface area contributed by atoms with E-state index in [0.29, 0.717) is 5.56 Å². The van der Waals surface area contributed by atoms with Crippen LogP contribution in [-0.4, -0.2) is 19.5 Å². The van der Waals surface area contributed by atoms with Crippen LogP contribution < -0.4 is 4.72 Å². The zero-order chi connectivity index (χ0) is 15.6. The second-order valence-corrected chi connectivity index (χ2v) is 6.51. The monoisotopic (exact) mass is 329 g/mol. The Bertz CT molecular complexity index is 768. The normalized spacial score (nSPS) is 11.5. The molecule has 6 nitrogen and oxygen atoms in total. The molecule has 0 aliphatic carbocycles. The number of carboxylic acid groups (broad SMARTS) is 1. The third-order valence-electron chi connectivity index (χ3n) is 2.89. The third kappa shape index (κ3) is 3.44. The second-order valence-electron chi connectivity index (χ2n) is 4.34. The fraction of sp³-hybridized carbons (Fsp3) is 0.154. The Morgan fingerprint density at radius 3 is 2.71 bits per heavy atom. The highest BCUT2D eigenvalue weighted by Gasteiger charge is 2.22. The van der Waals surface area contributed by atoms with E-state index in [4.69, 9.17) is 21.1 Å². The zero-order valence-corrected chi connectivity index (χ0v) is 12.5. The average molecular weight is 330 g/mol. The van der Waals surface area contributed by atoms with Gasteiger partial charge in [-0.05, 0) is 30.7 Å². The Labute approximate surface area is 126 Å². The number of benzene rings is 1. The Morgan fingerprint density at radius 1 is 1.43 bits per heavy atom. The summed E-state index contributed by atoms with van der Waals surface area (Å²) >= 11 is 5.80. The highest BCUT2D eigenvalue weighted by molar-refractivity contribution is 7.89. The fourth-order valence-corrected chi connectivity index (χ4v) is 3.39. The summed E-state index contributed by atoms with van der Waals surface area (Å²) in [5.41, 5.74) is 0.634. The minimum absolute atomic E-state index is 0.0349. The molecular weight excluding hydrogens is 318 g/mol. The summed E-state index contributed by atoms with van der Waals surface area (Å²) in [5.74, 6) is -1.23. The van der Waals surface area contributed by atoms with Crippen LogP contribution in [-0.2, 0) is 16.6 Å².